The second-order valence-corrected chi connectivity index (χ2v) is 6.06. The Balaban J connectivity index is 2.29. The van der Waals surface area contributed by atoms with Gasteiger partial charge in [-0.3, -0.25) is 4.79 Å². The van der Waals surface area contributed by atoms with Gasteiger partial charge in [-0.05, 0) is 71.8 Å². The minimum atomic E-state index is -0.197. The van der Waals surface area contributed by atoms with Crippen molar-refractivity contribution in [3.63, 3.8) is 0 Å². The lowest BCUT2D eigenvalue weighted by Gasteiger charge is -2.11. The zero-order valence-electron chi connectivity index (χ0n) is 13.0. The SMILES string of the molecule is COc1cc(OC)cc(C(=O)Nc2cc(C)c(I)c(C)c2)c1. The molecule has 0 aliphatic rings. The van der Waals surface area contributed by atoms with Gasteiger partial charge >= 0.3 is 0 Å². The molecule has 2 aromatic carbocycles. The summed E-state index contributed by atoms with van der Waals surface area (Å²) >= 11 is 2.30. The fourth-order valence-electron chi connectivity index (χ4n) is 2.16. The molecule has 0 heterocycles. The van der Waals surface area contributed by atoms with E-state index in [0.29, 0.717) is 17.1 Å². The van der Waals surface area contributed by atoms with Crippen LogP contribution >= 0.6 is 22.6 Å². The zero-order chi connectivity index (χ0) is 16.3. The number of anilines is 1. The second kappa shape index (κ2) is 7.00. The van der Waals surface area contributed by atoms with E-state index in [9.17, 15) is 4.79 Å². The van der Waals surface area contributed by atoms with Crippen LogP contribution in [0.5, 0.6) is 11.5 Å². The summed E-state index contributed by atoms with van der Waals surface area (Å²) in [6, 6.07) is 9.03. The first kappa shape index (κ1) is 16.6. The number of amides is 1. The lowest BCUT2D eigenvalue weighted by molar-refractivity contribution is 0.102. The van der Waals surface area contributed by atoms with Crippen molar-refractivity contribution < 1.29 is 14.3 Å². The van der Waals surface area contributed by atoms with Crippen molar-refractivity contribution in [3.05, 3.63) is 50.6 Å². The van der Waals surface area contributed by atoms with Gasteiger partial charge in [-0.1, -0.05) is 0 Å². The van der Waals surface area contributed by atoms with Gasteiger partial charge in [-0.15, -0.1) is 0 Å². The Labute approximate surface area is 144 Å². The van der Waals surface area contributed by atoms with Gasteiger partial charge in [0.25, 0.3) is 5.91 Å². The molecule has 5 heteroatoms. The van der Waals surface area contributed by atoms with E-state index in [1.165, 1.54) is 3.57 Å². The molecule has 0 unspecified atom stereocenters. The number of carbonyl (C=O) groups is 1. The number of halogens is 1. The van der Waals surface area contributed by atoms with Crippen molar-refractivity contribution in [2.24, 2.45) is 0 Å². The summed E-state index contributed by atoms with van der Waals surface area (Å²) in [4.78, 5) is 12.4. The average Bonchev–Trinajstić information content (AvgIpc) is 2.51. The van der Waals surface area contributed by atoms with Crippen molar-refractivity contribution in [1.29, 1.82) is 0 Å². The van der Waals surface area contributed by atoms with E-state index in [1.807, 2.05) is 26.0 Å². The van der Waals surface area contributed by atoms with Gasteiger partial charge in [-0.25, -0.2) is 0 Å². The van der Waals surface area contributed by atoms with E-state index in [0.717, 1.165) is 16.8 Å². The molecule has 0 saturated heterocycles. The number of hydrogen-bond donors (Lipinski definition) is 1. The van der Waals surface area contributed by atoms with E-state index < -0.39 is 0 Å². The van der Waals surface area contributed by atoms with Crippen molar-refractivity contribution in [2.75, 3.05) is 19.5 Å². The van der Waals surface area contributed by atoms with Gasteiger partial charge in [0.1, 0.15) is 11.5 Å². The Bertz CT molecular complexity index is 668. The first-order valence-corrected chi connectivity index (χ1v) is 7.83. The zero-order valence-corrected chi connectivity index (χ0v) is 15.1. The quantitative estimate of drug-likeness (QED) is 0.769. The minimum Gasteiger partial charge on any atom is -0.497 e. The van der Waals surface area contributed by atoms with Crippen LogP contribution in [0.15, 0.2) is 30.3 Å². The van der Waals surface area contributed by atoms with Crippen molar-refractivity contribution in [2.45, 2.75) is 13.8 Å². The molecule has 0 aromatic heterocycles. The van der Waals surface area contributed by atoms with Crippen LogP contribution in [0.2, 0.25) is 0 Å². The maximum atomic E-state index is 12.4. The highest BCUT2D eigenvalue weighted by molar-refractivity contribution is 14.1. The molecule has 2 rings (SSSR count). The Morgan fingerprint density at radius 3 is 1.91 bits per heavy atom. The van der Waals surface area contributed by atoms with Gasteiger partial charge in [0.05, 0.1) is 14.2 Å². The summed E-state index contributed by atoms with van der Waals surface area (Å²) < 4.78 is 11.6. The van der Waals surface area contributed by atoms with Gasteiger partial charge in [-0.2, -0.15) is 0 Å². The number of nitrogens with one attached hydrogen (secondary N) is 1. The molecule has 0 bridgehead atoms. The van der Waals surface area contributed by atoms with Crippen LogP contribution in [0, 0.1) is 17.4 Å². The monoisotopic (exact) mass is 411 g/mol. The first-order chi connectivity index (χ1) is 10.4. The number of hydrogen-bond acceptors (Lipinski definition) is 3. The third-order valence-corrected chi connectivity index (χ3v) is 5.01. The predicted octanol–water partition coefficient (Wildman–Crippen LogP) is 4.18. The molecule has 2 aromatic rings. The van der Waals surface area contributed by atoms with E-state index in [1.54, 1.807) is 32.4 Å². The Kier molecular flexibility index (Phi) is 5.28. The Morgan fingerprint density at radius 2 is 1.45 bits per heavy atom. The van der Waals surface area contributed by atoms with Crippen LogP contribution in [-0.4, -0.2) is 20.1 Å². The van der Waals surface area contributed by atoms with E-state index >= 15 is 0 Å². The van der Waals surface area contributed by atoms with Gasteiger partial charge in [0.15, 0.2) is 0 Å². The number of carbonyl (C=O) groups excluding carboxylic acids is 1. The fourth-order valence-corrected chi connectivity index (χ4v) is 2.47. The molecule has 22 heavy (non-hydrogen) atoms. The highest BCUT2D eigenvalue weighted by Gasteiger charge is 2.11. The number of methoxy groups -OCH3 is 2. The lowest BCUT2D eigenvalue weighted by Crippen LogP contribution is -2.12. The van der Waals surface area contributed by atoms with Crippen LogP contribution in [0.4, 0.5) is 5.69 Å². The van der Waals surface area contributed by atoms with Crippen LogP contribution < -0.4 is 14.8 Å². The topological polar surface area (TPSA) is 47.6 Å². The summed E-state index contributed by atoms with van der Waals surface area (Å²) in [6.07, 6.45) is 0. The van der Waals surface area contributed by atoms with Crippen LogP contribution in [0.1, 0.15) is 21.5 Å². The van der Waals surface area contributed by atoms with Crippen LogP contribution in [0.25, 0.3) is 0 Å². The standard InChI is InChI=1S/C17H18INO3/c1-10-5-13(6-11(2)16(10)18)19-17(20)12-7-14(21-3)9-15(8-12)22-4/h5-9H,1-4H3,(H,19,20). The third kappa shape index (κ3) is 3.71. The maximum Gasteiger partial charge on any atom is 0.255 e. The fraction of sp³-hybridized carbons (Fsp3) is 0.235. The summed E-state index contributed by atoms with van der Waals surface area (Å²) in [5.74, 6) is 0.969. The predicted molar refractivity (Wildman–Crippen MR) is 96.1 cm³/mol. The Morgan fingerprint density at radius 1 is 0.955 bits per heavy atom. The average molecular weight is 411 g/mol. The summed E-state index contributed by atoms with van der Waals surface area (Å²) in [5.41, 5.74) is 3.55. The maximum absolute atomic E-state index is 12.4. The largest absolute Gasteiger partial charge is 0.497 e. The van der Waals surface area contributed by atoms with Crippen molar-refractivity contribution >= 4 is 34.2 Å². The first-order valence-electron chi connectivity index (χ1n) is 6.75. The summed E-state index contributed by atoms with van der Waals surface area (Å²) in [7, 11) is 3.12. The molecule has 0 fully saturated rings. The van der Waals surface area contributed by atoms with Gasteiger partial charge in [0.2, 0.25) is 0 Å². The molecule has 116 valence electrons. The van der Waals surface area contributed by atoms with Gasteiger partial charge < -0.3 is 14.8 Å². The molecule has 0 aliphatic heterocycles. The van der Waals surface area contributed by atoms with Gasteiger partial charge in [0, 0.05) is 20.9 Å². The highest BCUT2D eigenvalue weighted by atomic mass is 127. The molecule has 1 amide bonds. The summed E-state index contributed by atoms with van der Waals surface area (Å²) in [6.45, 7) is 4.05. The molecule has 0 aliphatic carbocycles. The van der Waals surface area contributed by atoms with Crippen LogP contribution in [-0.2, 0) is 0 Å². The van der Waals surface area contributed by atoms with E-state index in [-0.39, 0.29) is 5.91 Å². The van der Waals surface area contributed by atoms with E-state index in [4.69, 9.17) is 9.47 Å². The second-order valence-electron chi connectivity index (χ2n) is 4.98. The summed E-state index contributed by atoms with van der Waals surface area (Å²) in [5, 5.41) is 2.92. The molecular formula is C17H18INO3. The lowest BCUT2D eigenvalue weighted by atomic mass is 10.1. The molecule has 1 N–H and O–H groups in total. The normalized spacial score (nSPS) is 10.2. The molecule has 4 nitrogen and oxygen atoms in total. The van der Waals surface area contributed by atoms with E-state index in [2.05, 4.69) is 27.9 Å². The van der Waals surface area contributed by atoms with Crippen molar-refractivity contribution in [1.82, 2.24) is 0 Å². The molecular weight excluding hydrogens is 393 g/mol. The van der Waals surface area contributed by atoms with Crippen LogP contribution in [0.3, 0.4) is 0 Å². The third-order valence-electron chi connectivity index (χ3n) is 3.31. The number of ether oxygens (including phenoxy) is 2. The smallest absolute Gasteiger partial charge is 0.255 e. The molecule has 0 saturated carbocycles. The Hall–Kier alpha value is -1.76. The number of rotatable bonds is 4. The molecule has 0 spiro atoms. The number of aryl methyl sites for hydroxylation is 2. The molecule has 0 atom stereocenters. The van der Waals surface area contributed by atoms with Crippen molar-refractivity contribution in [3.8, 4) is 11.5 Å². The number of benzene rings is 2. The molecule has 0 radical (unpaired) electrons. The highest BCUT2D eigenvalue weighted by Crippen LogP contribution is 2.25. The minimum absolute atomic E-state index is 0.197.